The Balaban J connectivity index is 1.48. The molecule has 4 amide bonds. The number of nitrogens with zero attached hydrogens (tertiary/aromatic N) is 3. The summed E-state index contributed by atoms with van der Waals surface area (Å²) in [5.41, 5.74) is 1.99. The van der Waals surface area contributed by atoms with E-state index >= 15 is 0 Å². The summed E-state index contributed by atoms with van der Waals surface area (Å²) in [7, 11) is 2.95. The Morgan fingerprint density at radius 1 is 1.23 bits per heavy atom. The molecule has 1 aromatic carbocycles. The average molecular weight is 372 g/mol. The molecule has 1 aliphatic heterocycles. The van der Waals surface area contributed by atoms with E-state index in [2.05, 4.69) is 10.3 Å². The van der Waals surface area contributed by atoms with Crippen LogP contribution in [0.4, 0.5) is 4.79 Å². The number of nitrogens with one attached hydrogen (secondary N) is 1. The molecule has 0 aliphatic carbocycles. The molecule has 0 unspecified atom stereocenters. The molecule has 0 saturated carbocycles. The number of hydrogen-bond donors (Lipinski definition) is 1. The fourth-order valence-corrected chi connectivity index (χ4v) is 3.61. The number of carbonyl (C=O) groups excluding carboxylic acids is 3. The van der Waals surface area contributed by atoms with E-state index in [9.17, 15) is 14.4 Å². The summed E-state index contributed by atoms with van der Waals surface area (Å²) in [6, 6.07) is 8.81. The number of imide groups is 1. The third-order valence-electron chi connectivity index (χ3n) is 4.33. The van der Waals surface area contributed by atoms with Crippen LogP contribution >= 0.6 is 11.3 Å². The molecule has 1 aliphatic rings. The Hall–Kier alpha value is -2.74. The van der Waals surface area contributed by atoms with E-state index in [4.69, 9.17) is 0 Å². The van der Waals surface area contributed by atoms with Crippen molar-refractivity contribution >= 4 is 29.2 Å². The predicted molar refractivity (Wildman–Crippen MR) is 98.6 cm³/mol. The first-order valence-electron chi connectivity index (χ1n) is 8.28. The molecule has 1 fully saturated rings. The predicted octanol–water partition coefficient (Wildman–Crippen LogP) is 1.75. The molecule has 26 heavy (non-hydrogen) atoms. The molecule has 1 aromatic heterocycles. The molecule has 2 aromatic rings. The van der Waals surface area contributed by atoms with Crippen molar-refractivity contribution in [2.45, 2.75) is 18.9 Å². The molecule has 2 heterocycles. The Morgan fingerprint density at radius 3 is 2.62 bits per heavy atom. The van der Waals surface area contributed by atoms with Crippen LogP contribution in [0.2, 0.25) is 0 Å². The molecule has 3 rings (SSSR count). The van der Waals surface area contributed by atoms with E-state index in [1.54, 1.807) is 11.3 Å². The van der Waals surface area contributed by atoms with Gasteiger partial charge in [-0.15, -0.1) is 11.3 Å². The maximum absolute atomic E-state index is 12.1. The summed E-state index contributed by atoms with van der Waals surface area (Å²) in [5, 5.41) is 5.74. The van der Waals surface area contributed by atoms with Gasteiger partial charge in [0, 0.05) is 38.0 Å². The van der Waals surface area contributed by atoms with Crippen LogP contribution in [0.3, 0.4) is 0 Å². The fraction of sp³-hybridized carbons (Fsp3) is 0.333. The smallest absolute Gasteiger partial charge is 0.326 e. The minimum atomic E-state index is -0.725. The highest BCUT2D eigenvalue weighted by Crippen LogP contribution is 2.21. The zero-order chi connectivity index (χ0) is 18.7. The highest BCUT2D eigenvalue weighted by Gasteiger charge is 2.41. The van der Waals surface area contributed by atoms with Crippen LogP contribution in [-0.2, 0) is 16.0 Å². The van der Waals surface area contributed by atoms with Crippen molar-refractivity contribution < 1.29 is 14.4 Å². The Morgan fingerprint density at radius 2 is 1.96 bits per heavy atom. The van der Waals surface area contributed by atoms with Crippen LogP contribution in [0.15, 0.2) is 35.7 Å². The quantitative estimate of drug-likeness (QED) is 0.783. The van der Waals surface area contributed by atoms with Crippen molar-refractivity contribution in [2.24, 2.45) is 0 Å². The number of rotatable bonds is 6. The first-order chi connectivity index (χ1) is 12.5. The van der Waals surface area contributed by atoms with Crippen LogP contribution in [0.25, 0.3) is 11.3 Å². The zero-order valence-corrected chi connectivity index (χ0v) is 15.5. The summed E-state index contributed by atoms with van der Waals surface area (Å²) < 4.78 is 0. The maximum Gasteiger partial charge on any atom is 0.326 e. The van der Waals surface area contributed by atoms with Crippen molar-refractivity contribution in [1.29, 1.82) is 0 Å². The number of aromatic nitrogens is 1. The average Bonchev–Trinajstić information content (AvgIpc) is 3.19. The number of thiazole rings is 1. The Labute approximate surface area is 155 Å². The van der Waals surface area contributed by atoms with Gasteiger partial charge in [-0.3, -0.25) is 14.5 Å². The lowest BCUT2D eigenvalue weighted by molar-refractivity contribution is -0.131. The van der Waals surface area contributed by atoms with E-state index in [-0.39, 0.29) is 24.3 Å². The maximum atomic E-state index is 12.1. The SMILES string of the molecule is CN1C(=O)[C@H](CC(=O)NCCc2nc(-c3ccccc3)cs2)N(C)C1=O. The van der Waals surface area contributed by atoms with Gasteiger partial charge in [0.25, 0.3) is 5.91 Å². The van der Waals surface area contributed by atoms with Gasteiger partial charge in [-0.2, -0.15) is 0 Å². The van der Waals surface area contributed by atoms with Gasteiger partial charge in [0.05, 0.1) is 17.1 Å². The van der Waals surface area contributed by atoms with E-state index in [0.29, 0.717) is 13.0 Å². The second kappa shape index (κ2) is 7.65. The number of carbonyl (C=O) groups is 3. The van der Waals surface area contributed by atoms with Crippen LogP contribution in [0.1, 0.15) is 11.4 Å². The van der Waals surface area contributed by atoms with Gasteiger partial charge < -0.3 is 10.2 Å². The van der Waals surface area contributed by atoms with Crippen LogP contribution in [0, 0.1) is 0 Å². The van der Waals surface area contributed by atoms with E-state index in [1.807, 2.05) is 35.7 Å². The van der Waals surface area contributed by atoms with Gasteiger partial charge >= 0.3 is 6.03 Å². The van der Waals surface area contributed by atoms with E-state index in [0.717, 1.165) is 21.2 Å². The van der Waals surface area contributed by atoms with Crippen LogP contribution < -0.4 is 5.32 Å². The minimum absolute atomic E-state index is 0.0292. The largest absolute Gasteiger partial charge is 0.356 e. The van der Waals surface area contributed by atoms with Gasteiger partial charge in [0.2, 0.25) is 5.91 Å². The molecule has 0 spiro atoms. The van der Waals surface area contributed by atoms with E-state index in [1.165, 1.54) is 19.0 Å². The normalized spacial score (nSPS) is 17.1. The van der Waals surface area contributed by atoms with Gasteiger partial charge in [-0.25, -0.2) is 9.78 Å². The van der Waals surface area contributed by atoms with Crippen molar-refractivity contribution in [3.63, 3.8) is 0 Å². The lowest BCUT2D eigenvalue weighted by Gasteiger charge is -2.15. The van der Waals surface area contributed by atoms with Gasteiger partial charge in [-0.05, 0) is 0 Å². The summed E-state index contributed by atoms with van der Waals surface area (Å²) in [6.07, 6.45) is 0.592. The summed E-state index contributed by atoms with van der Waals surface area (Å²) >= 11 is 1.55. The molecule has 1 N–H and O–H groups in total. The van der Waals surface area contributed by atoms with E-state index < -0.39 is 6.04 Å². The standard InChI is InChI=1S/C18H20N4O3S/c1-21-14(17(24)22(2)18(21)25)10-15(23)19-9-8-16-20-13(11-26-16)12-6-4-3-5-7-12/h3-7,11,14H,8-10H2,1-2H3,(H,19,23)/t14-/m0/s1. The molecular weight excluding hydrogens is 352 g/mol. The second-order valence-electron chi connectivity index (χ2n) is 6.10. The number of urea groups is 1. The molecule has 136 valence electrons. The van der Waals surface area contributed by atoms with Crippen molar-refractivity contribution in [3.05, 3.63) is 40.7 Å². The van der Waals surface area contributed by atoms with Gasteiger partial charge in [0.15, 0.2) is 0 Å². The Kier molecular flexibility index (Phi) is 5.32. The first kappa shape index (κ1) is 18.1. The first-order valence-corrected chi connectivity index (χ1v) is 9.16. The van der Waals surface area contributed by atoms with Crippen LogP contribution in [-0.4, -0.2) is 59.3 Å². The highest BCUT2D eigenvalue weighted by atomic mass is 32.1. The molecule has 7 nitrogen and oxygen atoms in total. The van der Waals surface area contributed by atoms with Crippen molar-refractivity contribution in [2.75, 3.05) is 20.6 Å². The third kappa shape index (κ3) is 3.75. The van der Waals surface area contributed by atoms with Gasteiger partial charge in [-0.1, -0.05) is 30.3 Å². The molecular formula is C18H20N4O3S. The monoisotopic (exact) mass is 372 g/mol. The lowest BCUT2D eigenvalue weighted by atomic mass is 10.2. The second-order valence-corrected chi connectivity index (χ2v) is 7.05. The van der Waals surface area contributed by atoms with Crippen LogP contribution in [0.5, 0.6) is 0 Å². The third-order valence-corrected chi connectivity index (χ3v) is 5.24. The van der Waals surface area contributed by atoms with Crippen molar-refractivity contribution in [3.8, 4) is 11.3 Å². The summed E-state index contributed by atoms with van der Waals surface area (Å²) in [4.78, 5) is 42.7. The highest BCUT2D eigenvalue weighted by molar-refractivity contribution is 7.09. The van der Waals surface area contributed by atoms with Gasteiger partial charge in [0.1, 0.15) is 6.04 Å². The molecule has 1 saturated heterocycles. The molecule has 8 heteroatoms. The van der Waals surface area contributed by atoms with Crippen molar-refractivity contribution in [1.82, 2.24) is 20.1 Å². The molecule has 0 bridgehead atoms. The summed E-state index contributed by atoms with van der Waals surface area (Å²) in [6.45, 7) is 0.439. The molecule has 1 atom stereocenters. The number of amides is 4. The number of likely N-dealkylation sites (N-methyl/N-ethyl adjacent to an activating group) is 2. The zero-order valence-electron chi connectivity index (χ0n) is 14.6. The lowest BCUT2D eigenvalue weighted by Crippen LogP contribution is -2.37. The minimum Gasteiger partial charge on any atom is -0.356 e. The topological polar surface area (TPSA) is 82.6 Å². The Bertz CT molecular complexity index is 821. The number of benzene rings is 1. The molecule has 0 radical (unpaired) electrons. The number of hydrogen-bond acceptors (Lipinski definition) is 5. The summed E-state index contributed by atoms with van der Waals surface area (Å²) in [5.74, 6) is -0.599. The fourth-order valence-electron chi connectivity index (χ4n) is 2.80.